The van der Waals surface area contributed by atoms with Crippen LogP contribution in [0.15, 0.2) is 18.3 Å². The molecule has 2 heteroatoms. The summed E-state index contributed by atoms with van der Waals surface area (Å²) in [4.78, 5) is 0. The number of rotatable bonds is 4. The van der Waals surface area contributed by atoms with Gasteiger partial charge in [-0.3, -0.25) is 4.68 Å². The van der Waals surface area contributed by atoms with Crippen LogP contribution in [0.25, 0.3) is 0 Å². The molecule has 1 heterocycles. The van der Waals surface area contributed by atoms with Gasteiger partial charge in [0.05, 0.1) is 6.20 Å². The fourth-order valence-electron chi connectivity index (χ4n) is 1.11. The molecule has 0 amide bonds. The molecule has 0 bridgehead atoms. The molecule has 0 fully saturated rings. The molecule has 0 aliphatic carbocycles. The van der Waals surface area contributed by atoms with Crippen LogP contribution in [0.2, 0.25) is 0 Å². The molecule has 0 aliphatic heterocycles. The minimum Gasteiger partial charge on any atom is -0.323 e. The second-order valence-electron chi connectivity index (χ2n) is 2.83. The van der Waals surface area contributed by atoms with E-state index in [4.69, 9.17) is 0 Å². The summed E-state index contributed by atoms with van der Waals surface area (Å²) in [6, 6.07) is 4.39. The van der Waals surface area contributed by atoms with E-state index in [-0.39, 0.29) is 0 Å². The summed E-state index contributed by atoms with van der Waals surface area (Å²) < 4.78 is 1.88. The van der Waals surface area contributed by atoms with Gasteiger partial charge in [0.25, 0.3) is 0 Å². The second-order valence-corrected chi connectivity index (χ2v) is 2.83. The highest BCUT2D eigenvalue weighted by Crippen LogP contribution is 1.96. The highest BCUT2D eigenvalue weighted by molar-refractivity contribution is 4.92. The predicted molar refractivity (Wildman–Crippen MR) is 47.0 cm³/mol. The molecule has 61 valence electrons. The van der Waals surface area contributed by atoms with Gasteiger partial charge in [-0.05, 0) is 25.5 Å². The number of hydrogen-bond donors (Lipinski definition) is 1. The van der Waals surface area contributed by atoms with E-state index >= 15 is 0 Å². The Morgan fingerprint density at radius 2 is 2.45 bits per heavy atom. The number of nitrogens with zero attached hydrogens (tertiary/aromatic N) is 1. The smallest absolute Gasteiger partial charge is 0.0876 e. The van der Waals surface area contributed by atoms with E-state index in [1.165, 1.54) is 12.8 Å². The topological polar surface area (TPSA) is 17.0 Å². The van der Waals surface area contributed by atoms with E-state index in [0.717, 1.165) is 0 Å². The van der Waals surface area contributed by atoms with E-state index in [9.17, 15) is 0 Å². The van der Waals surface area contributed by atoms with E-state index in [2.05, 4.69) is 25.5 Å². The lowest BCUT2D eigenvalue weighted by molar-refractivity contribution is 0.622. The SMILES string of the molecule is CCCC(C)Nn1[c]ccc1. The van der Waals surface area contributed by atoms with Crippen molar-refractivity contribution in [2.45, 2.75) is 32.7 Å². The molecule has 0 saturated heterocycles. The van der Waals surface area contributed by atoms with Crippen molar-refractivity contribution in [3.63, 3.8) is 0 Å². The maximum Gasteiger partial charge on any atom is 0.0876 e. The summed E-state index contributed by atoms with van der Waals surface area (Å²) in [7, 11) is 0. The normalized spacial score (nSPS) is 12.9. The first-order valence-electron chi connectivity index (χ1n) is 4.14. The van der Waals surface area contributed by atoms with Crippen LogP contribution in [0.5, 0.6) is 0 Å². The molecular formula is C9H15N2. The van der Waals surface area contributed by atoms with Gasteiger partial charge in [-0.2, -0.15) is 0 Å². The standard InChI is InChI=1S/C9H15N2/c1-3-6-9(2)10-11-7-4-5-8-11/h4-5,7,9-10H,3,6H2,1-2H3. The van der Waals surface area contributed by atoms with Gasteiger partial charge in [-0.1, -0.05) is 13.3 Å². The first-order chi connectivity index (χ1) is 5.33. The van der Waals surface area contributed by atoms with Crippen molar-refractivity contribution in [2.24, 2.45) is 0 Å². The maximum absolute atomic E-state index is 3.28. The number of hydrogen-bond acceptors (Lipinski definition) is 1. The lowest BCUT2D eigenvalue weighted by Gasteiger charge is -2.14. The quantitative estimate of drug-likeness (QED) is 0.696. The third kappa shape index (κ3) is 2.66. The summed E-state index contributed by atoms with van der Waals surface area (Å²) in [5, 5.41) is 0. The fourth-order valence-corrected chi connectivity index (χ4v) is 1.11. The van der Waals surface area contributed by atoms with Gasteiger partial charge >= 0.3 is 0 Å². The third-order valence-electron chi connectivity index (χ3n) is 1.63. The molecule has 1 N–H and O–H groups in total. The monoisotopic (exact) mass is 151 g/mol. The van der Waals surface area contributed by atoms with Crippen LogP contribution >= 0.6 is 0 Å². The van der Waals surface area contributed by atoms with Gasteiger partial charge in [-0.15, -0.1) is 0 Å². The van der Waals surface area contributed by atoms with E-state index in [1.807, 2.05) is 23.0 Å². The van der Waals surface area contributed by atoms with Gasteiger partial charge < -0.3 is 5.43 Å². The maximum atomic E-state index is 3.28. The minimum atomic E-state index is 0.531. The molecule has 11 heavy (non-hydrogen) atoms. The molecule has 1 atom stereocenters. The molecule has 0 aromatic carbocycles. The van der Waals surface area contributed by atoms with E-state index in [1.54, 1.807) is 0 Å². The number of aromatic nitrogens is 1. The summed E-state index contributed by atoms with van der Waals surface area (Å²) in [6.07, 6.45) is 7.41. The predicted octanol–water partition coefficient (Wildman–Crippen LogP) is 2.02. The molecule has 1 aromatic heterocycles. The molecular weight excluding hydrogens is 136 g/mol. The first kappa shape index (κ1) is 8.18. The Balaban J connectivity index is 2.31. The molecule has 1 aromatic rings. The highest BCUT2D eigenvalue weighted by atomic mass is 15.4. The molecule has 1 unspecified atom stereocenters. The second kappa shape index (κ2) is 4.06. The van der Waals surface area contributed by atoms with Crippen LogP contribution in [0.4, 0.5) is 0 Å². The first-order valence-corrected chi connectivity index (χ1v) is 4.14. The van der Waals surface area contributed by atoms with Crippen molar-refractivity contribution in [1.29, 1.82) is 0 Å². The Morgan fingerprint density at radius 3 is 3.00 bits per heavy atom. The van der Waals surface area contributed by atoms with E-state index < -0.39 is 0 Å². The average molecular weight is 151 g/mol. The van der Waals surface area contributed by atoms with Crippen LogP contribution in [-0.2, 0) is 0 Å². The lowest BCUT2D eigenvalue weighted by atomic mass is 10.2. The molecule has 0 saturated carbocycles. The van der Waals surface area contributed by atoms with Crippen LogP contribution < -0.4 is 5.43 Å². The van der Waals surface area contributed by atoms with Gasteiger partial charge in [0.2, 0.25) is 0 Å². The average Bonchev–Trinajstić information content (AvgIpc) is 2.40. The Hall–Kier alpha value is -0.920. The minimum absolute atomic E-state index is 0.531. The van der Waals surface area contributed by atoms with Crippen LogP contribution in [0.3, 0.4) is 0 Å². The molecule has 1 rings (SSSR count). The summed E-state index contributed by atoms with van der Waals surface area (Å²) in [5.74, 6) is 0. The Kier molecular flexibility index (Phi) is 3.02. The van der Waals surface area contributed by atoms with Crippen molar-refractivity contribution >= 4 is 0 Å². The summed E-state index contributed by atoms with van der Waals surface area (Å²) in [6.45, 7) is 4.37. The van der Waals surface area contributed by atoms with Crippen molar-refractivity contribution in [1.82, 2.24) is 4.68 Å². The largest absolute Gasteiger partial charge is 0.323 e. The van der Waals surface area contributed by atoms with Gasteiger partial charge in [0.1, 0.15) is 0 Å². The molecule has 0 aliphatic rings. The zero-order valence-electron chi connectivity index (χ0n) is 7.17. The molecule has 0 spiro atoms. The van der Waals surface area contributed by atoms with Crippen molar-refractivity contribution < 1.29 is 0 Å². The molecule has 2 nitrogen and oxygen atoms in total. The molecule has 1 radical (unpaired) electrons. The van der Waals surface area contributed by atoms with Crippen molar-refractivity contribution in [3.8, 4) is 0 Å². The zero-order valence-corrected chi connectivity index (χ0v) is 7.17. The zero-order chi connectivity index (χ0) is 8.10. The summed E-state index contributed by atoms with van der Waals surface area (Å²) >= 11 is 0. The van der Waals surface area contributed by atoms with Crippen molar-refractivity contribution in [3.05, 3.63) is 24.5 Å². The summed E-state index contributed by atoms with van der Waals surface area (Å²) in [5.41, 5.74) is 3.28. The highest BCUT2D eigenvalue weighted by Gasteiger charge is 1.97. The van der Waals surface area contributed by atoms with Gasteiger partial charge in [0, 0.05) is 12.2 Å². The van der Waals surface area contributed by atoms with Crippen molar-refractivity contribution in [2.75, 3.05) is 5.43 Å². The van der Waals surface area contributed by atoms with Crippen LogP contribution in [-0.4, -0.2) is 10.7 Å². The lowest BCUT2D eigenvalue weighted by Crippen LogP contribution is -2.23. The third-order valence-corrected chi connectivity index (χ3v) is 1.63. The van der Waals surface area contributed by atoms with Crippen LogP contribution in [0, 0.1) is 6.20 Å². The Morgan fingerprint density at radius 1 is 1.64 bits per heavy atom. The Labute approximate surface area is 68.2 Å². The van der Waals surface area contributed by atoms with Gasteiger partial charge in [-0.25, -0.2) is 0 Å². The van der Waals surface area contributed by atoms with Crippen LogP contribution in [0.1, 0.15) is 26.7 Å². The number of nitrogens with one attached hydrogen (secondary N) is 1. The Bertz CT molecular complexity index is 179. The van der Waals surface area contributed by atoms with Gasteiger partial charge in [0.15, 0.2) is 0 Å². The fraction of sp³-hybridized carbons (Fsp3) is 0.556. The van der Waals surface area contributed by atoms with E-state index in [0.29, 0.717) is 6.04 Å².